The summed E-state index contributed by atoms with van der Waals surface area (Å²) in [4.78, 5) is 13.8. The predicted octanol–water partition coefficient (Wildman–Crippen LogP) is 0.403. The van der Waals surface area contributed by atoms with Crippen LogP contribution in [0.3, 0.4) is 0 Å². The van der Waals surface area contributed by atoms with E-state index in [1.807, 2.05) is 11.9 Å². The molecule has 2 fully saturated rings. The molecule has 6 nitrogen and oxygen atoms in total. The lowest BCUT2D eigenvalue weighted by atomic mass is 10.2. The van der Waals surface area contributed by atoms with Gasteiger partial charge >= 0.3 is 0 Å². The van der Waals surface area contributed by atoms with Gasteiger partial charge in [0.2, 0.25) is 5.91 Å². The maximum absolute atomic E-state index is 11.8. The van der Waals surface area contributed by atoms with E-state index in [0.29, 0.717) is 18.5 Å². The minimum absolute atomic E-state index is 0.115. The smallest absolute Gasteiger partial charge is 0.220 e. The number of carbonyl (C=O) groups excluding carboxylic acids is 1. The van der Waals surface area contributed by atoms with E-state index in [9.17, 15) is 4.79 Å². The number of hydrogen-bond donors (Lipinski definition) is 1. The first-order valence-corrected chi connectivity index (χ1v) is 7.03. The third-order valence-electron chi connectivity index (χ3n) is 4.13. The lowest BCUT2D eigenvalue weighted by Gasteiger charge is -2.26. The Bertz CT molecular complexity index is 473. The summed E-state index contributed by atoms with van der Waals surface area (Å²) in [6, 6.07) is 0.290. The minimum atomic E-state index is 0.115. The van der Waals surface area contributed by atoms with Gasteiger partial charge in [-0.2, -0.15) is 0 Å². The predicted molar refractivity (Wildman–Crippen MR) is 70.5 cm³/mol. The molecule has 1 aromatic heterocycles. The zero-order valence-electron chi connectivity index (χ0n) is 11.6. The van der Waals surface area contributed by atoms with Crippen LogP contribution < -0.4 is 5.32 Å². The second-order valence-electron chi connectivity index (χ2n) is 5.60. The fourth-order valence-electron chi connectivity index (χ4n) is 2.77. The molecule has 0 unspecified atom stereocenters. The number of nitrogens with zero attached hydrogens (tertiary/aromatic N) is 4. The summed E-state index contributed by atoms with van der Waals surface area (Å²) < 4.78 is 2.07. The highest BCUT2D eigenvalue weighted by atomic mass is 16.2. The van der Waals surface area contributed by atoms with Crippen LogP contribution in [-0.4, -0.2) is 44.7 Å². The second-order valence-corrected chi connectivity index (χ2v) is 5.60. The SMILES string of the molecule is CC(=O)N(Cc1nnc(C2CC2)n1C)[C@@H]1CCNC1. The molecule has 1 amide bonds. The van der Waals surface area contributed by atoms with Gasteiger partial charge in [0.15, 0.2) is 5.82 Å². The van der Waals surface area contributed by atoms with Gasteiger partial charge in [-0.15, -0.1) is 10.2 Å². The molecule has 0 bridgehead atoms. The Balaban J connectivity index is 1.75. The molecule has 2 heterocycles. The zero-order valence-corrected chi connectivity index (χ0v) is 11.6. The van der Waals surface area contributed by atoms with Crippen LogP contribution >= 0.6 is 0 Å². The van der Waals surface area contributed by atoms with Crippen molar-refractivity contribution in [3.63, 3.8) is 0 Å². The van der Waals surface area contributed by atoms with Crippen molar-refractivity contribution in [3.8, 4) is 0 Å². The second kappa shape index (κ2) is 4.92. The summed E-state index contributed by atoms with van der Waals surface area (Å²) in [5, 5.41) is 11.9. The molecule has 3 rings (SSSR count). The maximum atomic E-state index is 11.8. The third kappa shape index (κ3) is 2.49. The van der Waals surface area contributed by atoms with Gasteiger partial charge in [0.05, 0.1) is 6.54 Å². The highest BCUT2D eigenvalue weighted by Crippen LogP contribution is 2.38. The molecule has 104 valence electrons. The van der Waals surface area contributed by atoms with Crippen molar-refractivity contribution in [1.82, 2.24) is 25.0 Å². The molecule has 1 aliphatic carbocycles. The molecule has 19 heavy (non-hydrogen) atoms. The quantitative estimate of drug-likeness (QED) is 0.854. The average molecular weight is 263 g/mol. The fraction of sp³-hybridized carbons (Fsp3) is 0.769. The number of rotatable bonds is 4. The van der Waals surface area contributed by atoms with Crippen molar-refractivity contribution in [2.24, 2.45) is 7.05 Å². The van der Waals surface area contributed by atoms with E-state index in [1.54, 1.807) is 6.92 Å². The molecule has 1 saturated heterocycles. The van der Waals surface area contributed by atoms with Gasteiger partial charge in [-0.1, -0.05) is 0 Å². The van der Waals surface area contributed by atoms with Crippen LogP contribution in [0.25, 0.3) is 0 Å². The molecule has 1 saturated carbocycles. The summed E-state index contributed by atoms with van der Waals surface area (Å²) in [6.07, 6.45) is 3.46. The van der Waals surface area contributed by atoms with E-state index in [0.717, 1.165) is 31.2 Å². The van der Waals surface area contributed by atoms with Crippen LogP contribution in [0, 0.1) is 0 Å². The first kappa shape index (κ1) is 12.6. The lowest BCUT2D eigenvalue weighted by Crippen LogP contribution is -2.40. The highest BCUT2D eigenvalue weighted by molar-refractivity contribution is 5.73. The van der Waals surface area contributed by atoms with Crippen molar-refractivity contribution >= 4 is 5.91 Å². The molecule has 1 aromatic rings. The number of carbonyl (C=O) groups is 1. The highest BCUT2D eigenvalue weighted by Gasteiger charge is 2.31. The monoisotopic (exact) mass is 263 g/mol. The van der Waals surface area contributed by atoms with E-state index < -0.39 is 0 Å². The minimum Gasteiger partial charge on any atom is -0.331 e. The van der Waals surface area contributed by atoms with Crippen LogP contribution in [0.5, 0.6) is 0 Å². The van der Waals surface area contributed by atoms with Crippen molar-refractivity contribution in [2.75, 3.05) is 13.1 Å². The van der Waals surface area contributed by atoms with Gasteiger partial charge in [0.25, 0.3) is 0 Å². The largest absolute Gasteiger partial charge is 0.331 e. The van der Waals surface area contributed by atoms with Gasteiger partial charge in [0.1, 0.15) is 5.82 Å². The van der Waals surface area contributed by atoms with E-state index in [4.69, 9.17) is 0 Å². The zero-order chi connectivity index (χ0) is 13.4. The Morgan fingerprint density at radius 1 is 1.42 bits per heavy atom. The van der Waals surface area contributed by atoms with E-state index in [-0.39, 0.29) is 5.91 Å². The van der Waals surface area contributed by atoms with Crippen molar-refractivity contribution < 1.29 is 4.79 Å². The van der Waals surface area contributed by atoms with Crippen LogP contribution in [0.15, 0.2) is 0 Å². The Kier molecular flexibility index (Phi) is 3.26. The molecule has 0 spiro atoms. The van der Waals surface area contributed by atoms with Gasteiger partial charge in [-0.3, -0.25) is 4.79 Å². The number of aromatic nitrogens is 3. The van der Waals surface area contributed by atoms with Crippen LogP contribution in [0.1, 0.15) is 43.8 Å². The Morgan fingerprint density at radius 3 is 2.79 bits per heavy atom. The molecule has 1 aliphatic heterocycles. The van der Waals surface area contributed by atoms with Gasteiger partial charge in [-0.25, -0.2) is 0 Å². The van der Waals surface area contributed by atoms with E-state index >= 15 is 0 Å². The van der Waals surface area contributed by atoms with Gasteiger partial charge in [-0.05, 0) is 25.8 Å². The van der Waals surface area contributed by atoms with Crippen LogP contribution in [-0.2, 0) is 18.4 Å². The van der Waals surface area contributed by atoms with E-state index in [2.05, 4.69) is 20.1 Å². The average Bonchev–Trinajstić information content (AvgIpc) is 2.95. The number of amides is 1. The third-order valence-corrected chi connectivity index (χ3v) is 4.13. The maximum Gasteiger partial charge on any atom is 0.220 e. The summed E-state index contributed by atoms with van der Waals surface area (Å²) >= 11 is 0. The topological polar surface area (TPSA) is 63.1 Å². The molecule has 0 radical (unpaired) electrons. The molecule has 1 N–H and O–H groups in total. The van der Waals surface area contributed by atoms with Crippen molar-refractivity contribution in [1.29, 1.82) is 0 Å². The summed E-state index contributed by atoms with van der Waals surface area (Å²) in [5.41, 5.74) is 0. The standard InChI is InChI=1S/C13H21N5O/c1-9(19)18(11-5-6-14-7-11)8-12-15-16-13(17(12)2)10-3-4-10/h10-11,14H,3-8H2,1-2H3/t11-/m1/s1. The van der Waals surface area contributed by atoms with Crippen LogP contribution in [0.4, 0.5) is 0 Å². The van der Waals surface area contributed by atoms with Crippen LogP contribution in [0.2, 0.25) is 0 Å². The first-order valence-electron chi connectivity index (χ1n) is 7.03. The van der Waals surface area contributed by atoms with Crippen molar-refractivity contribution in [3.05, 3.63) is 11.6 Å². The summed E-state index contributed by atoms with van der Waals surface area (Å²) in [7, 11) is 2.01. The normalized spacial score (nSPS) is 22.7. The molecular weight excluding hydrogens is 242 g/mol. The Labute approximate surface area is 113 Å². The van der Waals surface area contributed by atoms with Crippen molar-refractivity contribution in [2.45, 2.75) is 44.7 Å². The Morgan fingerprint density at radius 2 is 2.21 bits per heavy atom. The molecule has 0 aromatic carbocycles. The molecule has 6 heteroatoms. The van der Waals surface area contributed by atoms with E-state index in [1.165, 1.54) is 12.8 Å². The fourth-order valence-corrected chi connectivity index (χ4v) is 2.77. The molecule has 2 aliphatic rings. The molecular formula is C13H21N5O. The number of hydrogen-bond acceptors (Lipinski definition) is 4. The summed E-state index contributed by atoms with van der Waals surface area (Å²) in [6.45, 7) is 4.07. The lowest BCUT2D eigenvalue weighted by molar-refractivity contribution is -0.131. The number of nitrogens with one attached hydrogen (secondary N) is 1. The van der Waals surface area contributed by atoms with Gasteiger partial charge in [0, 0.05) is 32.5 Å². The summed E-state index contributed by atoms with van der Waals surface area (Å²) in [5.74, 6) is 2.67. The molecule has 1 atom stereocenters. The Hall–Kier alpha value is -1.43. The first-order chi connectivity index (χ1) is 9.16. The van der Waals surface area contributed by atoms with Gasteiger partial charge < -0.3 is 14.8 Å².